The first-order valence-electron chi connectivity index (χ1n) is 6.32. The summed E-state index contributed by atoms with van der Waals surface area (Å²) in [6, 6.07) is 3.11. The minimum atomic E-state index is -3.67. The van der Waals surface area contributed by atoms with Crippen LogP contribution in [0.25, 0.3) is 0 Å². The second kappa shape index (κ2) is 6.15. The van der Waals surface area contributed by atoms with Crippen molar-refractivity contribution in [2.75, 3.05) is 0 Å². The van der Waals surface area contributed by atoms with Gasteiger partial charge in [-0.2, -0.15) is 5.10 Å². The fourth-order valence-corrected chi connectivity index (χ4v) is 3.63. The van der Waals surface area contributed by atoms with E-state index in [0.717, 1.165) is 11.3 Å². The molecule has 1 aromatic heterocycles. The maximum Gasteiger partial charge on any atom is 0.241 e. The van der Waals surface area contributed by atoms with Crippen molar-refractivity contribution in [2.24, 2.45) is 5.73 Å². The molecule has 6 nitrogen and oxygen atoms in total. The number of sulfonamides is 1. The van der Waals surface area contributed by atoms with Crippen LogP contribution in [0.3, 0.4) is 0 Å². The van der Waals surface area contributed by atoms with Crippen LogP contribution < -0.4 is 10.5 Å². The number of nitrogens with one attached hydrogen (secondary N) is 2. The third-order valence-electron chi connectivity index (χ3n) is 3.33. The van der Waals surface area contributed by atoms with Gasteiger partial charge in [0.25, 0.3) is 0 Å². The van der Waals surface area contributed by atoms with E-state index in [4.69, 9.17) is 17.3 Å². The highest BCUT2D eigenvalue weighted by atomic mass is 35.5. The lowest BCUT2D eigenvalue weighted by molar-refractivity contribution is 0.580. The van der Waals surface area contributed by atoms with Gasteiger partial charge in [0.2, 0.25) is 10.0 Å². The summed E-state index contributed by atoms with van der Waals surface area (Å²) in [5.74, 6) is 0. The van der Waals surface area contributed by atoms with E-state index in [0.29, 0.717) is 16.1 Å². The molecule has 0 bridgehead atoms. The number of benzene rings is 1. The summed E-state index contributed by atoms with van der Waals surface area (Å²) in [6.45, 7) is 3.94. The monoisotopic (exact) mass is 328 g/mol. The lowest BCUT2D eigenvalue weighted by Gasteiger charge is -2.12. The molecule has 0 spiro atoms. The summed E-state index contributed by atoms with van der Waals surface area (Å²) in [7, 11) is -3.67. The van der Waals surface area contributed by atoms with Gasteiger partial charge in [-0.3, -0.25) is 5.10 Å². The zero-order valence-corrected chi connectivity index (χ0v) is 13.3. The first-order valence-corrected chi connectivity index (χ1v) is 8.19. The topological polar surface area (TPSA) is 101 Å². The molecule has 0 atom stereocenters. The van der Waals surface area contributed by atoms with Gasteiger partial charge in [-0.25, -0.2) is 13.1 Å². The fraction of sp³-hybridized carbons (Fsp3) is 0.308. The Labute approximate surface area is 128 Å². The van der Waals surface area contributed by atoms with Gasteiger partial charge in [0.05, 0.1) is 11.1 Å². The second-order valence-electron chi connectivity index (χ2n) is 4.74. The van der Waals surface area contributed by atoms with Crippen molar-refractivity contribution in [1.29, 1.82) is 0 Å². The average molecular weight is 329 g/mol. The number of aromatic nitrogens is 2. The van der Waals surface area contributed by atoms with E-state index >= 15 is 0 Å². The lowest BCUT2D eigenvalue weighted by Crippen LogP contribution is -2.24. The number of hydrogen-bond acceptors (Lipinski definition) is 4. The molecule has 2 aromatic rings. The number of aromatic amines is 1. The van der Waals surface area contributed by atoms with Crippen LogP contribution in [0, 0.1) is 13.8 Å². The Morgan fingerprint density at radius 3 is 2.62 bits per heavy atom. The number of nitrogens with zero attached hydrogens (tertiary/aromatic N) is 1. The summed E-state index contributed by atoms with van der Waals surface area (Å²) in [5, 5.41) is 6.97. The minimum Gasteiger partial charge on any atom is -0.326 e. The average Bonchev–Trinajstić information content (AvgIpc) is 2.84. The van der Waals surface area contributed by atoms with Crippen molar-refractivity contribution in [2.45, 2.75) is 31.8 Å². The van der Waals surface area contributed by atoms with Gasteiger partial charge < -0.3 is 5.73 Å². The van der Waals surface area contributed by atoms with Gasteiger partial charge in [-0.15, -0.1) is 0 Å². The molecule has 0 amide bonds. The van der Waals surface area contributed by atoms with E-state index in [2.05, 4.69) is 14.9 Å². The predicted octanol–water partition coefficient (Wildman–Crippen LogP) is 1.62. The molecular formula is C13H17ClN4O2S. The van der Waals surface area contributed by atoms with Gasteiger partial charge in [-0.1, -0.05) is 11.6 Å². The van der Waals surface area contributed by atoms with Crippen molar-refractivity contribution in [1.82, 2.24) is 14.9 Å². The quantitative estimate of drug-likeness (QED) is 0.776. The van der Waals surface area contributed by atoms with E-state index in [1.165, 1.54) is 6.07 Å². The SMILES string of the molecule is Cc1[nH]ncc1CNS(=O)(=O)c1cc(Cl)cc(CN)c1C. The van der Waals surface area contributed by atoms with Crippen LogP contribution in [0.15, 0.2) is 23.2 Å². The highest BCUT2D eigenvalue weighted by Crippen LogP contribution is 2.24. The molecule has 2 rings (SSSR count). The van der Waals surface area contributed by atoms with Crippen LogP contribution in [0.2, 0.25) is 5.02 Å². The Morgan fingerprint density at radius 2 is 2.05 bits per heavy atom. The Morgan fingerprint density at radius 1 is 1.33 bits per heavy atom. The molecule has 0 fully saturated rings. The third-order valence-corrected chi connectivity index (χ3v) is 5.07. The molecule has 0 radical (unpaired) electrons. The molecule has 0 saturated carbocycles. The van der Waals surface area contributed by atoms with Crippen LogP contribution in [0.4, 0.5) is 0 Å². The van der Waals surface area contributed by atoms with Crippen molar-refractivity contribution < 1.29 is 8.42 Å². The first kappa shape index (κ1) is 16.0. The van der Waals surface area contributed by atoms with Crippen molar-refractivity contribution in [3.05, 3.63) is 45.7 Å². The van der Waals surface area contributed by atoms with E-state index in [1.807, 2.05) is 6.92 Å². The Balaban J connectivity index is 2.32. The van der Waals surface area contributed by atoms with Crippen LogP contribution in [0.5, 0.6) is 0 Å². The largest absolute Gasteiger partial charge is 0.326 e. The molecular weight excluding hydrogens is 312 g/mol. The van der Waals surface area contributed by atoms with Crippen LogP contribution in [-0.2, 0) is 23.1 Å². The normalized spacial score (nSPS) is 11.8. The summed E-state index contributed by atoms with van der Waals surface area (Å²) in [5.41, 5.74) is 8.55. The van der Waals surface area contributed by atoms with E-state index < -0.39 is 10.0 Å². The third kappa shape index (κ3) is 3.44. The molecule has 4 N–H and O–H groups in total. The second-order valence-corrected chi connectivity index (χ2v) is 6.91. The highest BCUT2D eigenvalue weighted by molar-refractivity contribution is 7.89. The summed E-state index contributed by atoms with van der Waals surface area (Å²) >= 11 is 5.97. The number of H-pyrrole nitrogens is 1. The predicted molar refractivity (Wildman–Crippen MR) is 81.4 cm³/mol. The summed E-state index contributed by atoms with van der Waals surface area (Å²) in [6.07, 6.45) is 1.59. The number of aryl methyl sites for hydroxylation is 1. The fourth-order valence-electron chi connectivity index (χ4n) is 2.00. The molecule has 0 aliphatic rings. The summed E-state index contributed by atoms with van der Waals surface area (Å²) in [4.78, 5) is 0.150. The smallest absolute Gasteiger partial charge is 0.241 e. The van der Waals surface area contributed by atoms with Gasteiger partial charge in [0.1, 0.15) is 0 Å². The number of rotatable bonds is 5. The lowest BCUT2D eigenvalue weighted by atomic mass is 10.1. The van der Waals surface area contributed by atoms with Crippen LogP contribution >= 0.6 is 11.6 Å². The molecule has 0 saturated heterocycles. The van der Waals surface area contributed by atoms with E-state index in [9.17, 15) is 8.42 Å². The molecule has 21 heavy (non-hydrogen) atoms. The maximum atomic E-state index is 12.4. The number of hydrogen-bond donors (Lipinski definition) is 3. The van der Waals surface area contributed by atoms with Gasteiger partial charge in [0.15, 0.2) is 0 Å². The van der Waals surface area contributed by atoms with Gasteiger partial charge in [-0.05, 0) is 37.1 Å². The molecule has 114 valence electrons. The zero-order valence-electron chi connectivity index (χ0n) is 11.8. The van der Waals surface area contributed by atoms with Crippen molar-refractivity contribution in [3.8, 4) is 0 Å². The molecule has 0 aliphatic heterocycles. The number of halogens is 1. The van der Waals surface area contributed by atoms with Crippen molar-refractivity contribution in [3.63, 3.8) is 0 Å². The molecule has 1 aromatic carbocycles. The van der Waals surface area contributed by atoms with E-state index in [1.54, 1.807) is 19.2 Å². The first-order chi connectivity index (χ1) is 9.85. The van der Waals surface area contributed by atoms with Gasteiger partial charge >= 0.3 is 0 Å². The molecule has 0 aliphatic carbocycles. The standard InChI is InChI=1S/C13H17ClN4O2S/c1-8-10(5-15)3-12(14)4-13(8)21(19,20)17-7-11-6-16-18-9(11)2/h3-4,6,17H,5,7,15H2,1-2H3,(H,16,18). The van der Waals surface area contributed by atoms with Crippen LogP contribution in [-0.4, -0.2) is 18.6 Å². The summed E-state index contributed by atoms with van der Waals surface area (Å²) < 4.78 is 27.4. The Kier molecular flexibility index (Phi) is 4.67. The highest BCUT2D eigenvalue weighted by Gasteiger charge is 2.19. The Hall–Kier alpha value is -1.41. The van der Waals surface area contributed by atoms with Gasteiger partial charge in [0, 0.05) is 29.4 Å². The van der Waals surface area contributed by atoms with Crippen LogP contribution in [0.1, 0.15) is 22.4 Å². The Bertz CT molecular complexity index is 756. The van der Waals surface area contributed by atoms with Crippen molar-refractivity contribution >= 4 is 21.6 Å². The zero-order chi connectivity index (χ0) is 15.6. The number of nitrogens with two attached hydrogens (primary N) is 1. The van der Waals surface area contributed by atoms with E-state index in [-0.39, 0.29) is 18.0 Å². The maximum absolute atomic E-state index is 12.4. The molecule has 1 heterocycles. The molecule has 0 unspecified atom stereocenters. The minimum absolute atomic E-state index is 0.150. The molecule has 8 heteroatoms.